The van der Waals surface area contributed by atoms with Crippen molar-refractivity contribution in [3.05, 3.63) is 0 Å². The van der Waals surface area contributed by atoms with Crippen molar-refractivity contribution in [1.29, 1.82) is 0 Å². The molecule has 94 valence electrons. The summed E-state index contributed by atoms with van der Waals surface area (Å²) in [5.74, 6) is 0.390. The number of carbonyl (C=O) groups is 1. The second kappa shape index (κ2) is 5.64. The SMILES string of the molecule is CC(C)[C@@H](N)C(=O)N[C@@H]1CC[C@@H](C)[C@H](O)C1. The Labute approximate surface area is 97.6 Å². The minimum atomic E-state index is -0.448. The molecule has 0 saturated heterocycles. The number of nitrogens with one attached hydrogen (secondary N) is 1. The van der Waals surface area contributed by atoms with Crippen LogP contribution in [0.4, 0.5) is 0 Å². The lowest BCUT2D eigenvalue weighted by molar-refractivity contribution is -0.124. The third kappa shape index (κ3) is 3.46. The van der Waals surface area contributed by atoms with E-state index in [9.17, 15) is 9.90 Å². The summed E-state index contributed by atoms with van der Waals surface area (Å²) in [5.41, 5.74) is 5.76. The van der Waals surface area contributed by atoms with Crippen molar-refractivity contribution in [2.24, 2.45) is 17.6 Å². The molecule has 1 saturated carbocycles. The number of amides is 1. The quantitative estimate of drug-likeness (QED) is 0.663. The lowest BCUT2D eigenvalue weighted by Crippen LogP contribution is -2.50. The van der Waals surface area contributed by atoms with Gasteiger partial charge >= 0.3 is 0 Å². The minimum Gasteiger partial charge on any atom is -0.393 e. The first-order chi connectivity index (χ1) is 7.41. The van der Waals surface area contributed by atoms with Gasteiger partial charge in [-0.15, -0.1) is 0 Å². The molecule has 1 aliphatic carbocycles. The smallest absolute Gasteiger partial charge is 0.237 e. The summed E-state index contributed by atoms with van der Waals surface area (Å²) in [6, 6.07) is -0.361. The first kappa shape index (κ1) is 13.5. The fourth-order valence-electron chi connectivity index (χ4n) is 2.03. The predicted octanol–water partition coefficient (Wildman–Crippen LogP) is 0.635. The van der Waals surface area contributed by atoms with E-state index in [2.05, 4.69) is 5.32 Å². The zero-order valence-electron chi connectivity index (χ0n) is 10.4. The van der Waals surface area contributed by atoms with Crippen molar-refractivity contribution in [2.75, 3.05) is 0 Å². The van der Waals surface area contributed by atoms with Crippen LogP contribution in [0.5, 0.6) is 0 Å². The van der Waals surface area contributed by atoms with Crippen LogP contribution in [0.15, 0.2) is 0 Å². The molecule has 0 heterocycles. The van der Waals surface area contributed by atoms with Gasteiger partial charge < -0.3 is 16.2 Å². The molecular formula is C12H24N2O2. The van der Waals surface area contributed by atoms with E-state index in [1.165, 1.54) is 0 Å². The second-order valence-corrected chi connectivity index (χ2v) is 5.33. The molecule has 1 fully saturated rings. The molecule has 1 rings (SSSR count). The van der Waals surface area contributed by atoms with Gasteiger partial charge in [0.25, 0.3) is 0 Å². The number of rotatable bonds is 3. The van der Waals surface area contributed by atoms with E-state index >= 15 is 0 Å². The Balaban J connectivity index is 2.40. The minimum absolute atomic E-state index is 0.0866. The van der Waals surface area contributed by atoms with Gasteiger partial charge in [-0.25, -0.2) is 0 Å². The van der Waals surface area contributed by atoms with Crippen molar-refractivity contribution >= 4 is 5.91 Å². The topological polar surface area (TPSA) is 75.4 Å². The van der Waals surface area contributed by atoms with Crippen molar-refractivity contribution in [3.63, 3.8) is 0 Å². The predicted molar refractivity (Wildman–Crippen MR) is 63.8 cm³/mol. The van der Waals surface area contributed by atoms with Crippen LogP contribution >= 0.6 is 0 Å². The van der Waals surface area contributed by atoms with Crippen LogP contribution in [-0.2, 0) is 4.79 Å². The molecule has 4 heteroatoms. The molecule has 4 nitrogen and oxygen atoms in total. The highest BCUT2D eigenvalue weighted by Crippen LogP contribution is 2.24. The van der Waals surface area contributed by atoms with Crippen molar-refractivity contribution in [1.82, 2.24) is 5.32 Å². The van der Waals surface area contributed by atoms with E-state index in [1.807, 2.05) is 20.8 Å². The number of aliphatic hydroxyl groups is 1. The van der Waals surface area contributed by atoms with Gasteiger partial charge in [-0.3, -0.25) is 4.79 Å². The van der Waals surface area contributed by atoms with Gasteiger partial charge in [0, 0.05) is 6.04 Å². The summed E-state index contributed by atoms with van der Waals surface area (Å²) in [4.78, 5) is 11.7. The highest BCUT2D eigenvalue weighted by molar-refractivity contribution is 5.82. The molecular weight excluding hydrogens is 204 g/mol. The highest BCUT2D eigenvalue weighted by atomic mass is 16.3. The van der Waals surface area contributed by atoms with Crippen LogP contribution in [0.1, 0.15) is 40.0 Å². The molecule has 4 N–H and O–H groups in total. The summed E-state index contributed by atoms with van der Waals surface area (Å²) >= 11 is 0. The Hall–Kier alpha value is -0.610. The van der Waals surface area contributed by atoms with Crippen LogP contribution in [0, 0.1) is 11.8 Å². The monoisotopic (exact) mass is 228 g/mol. The molecule has 0 aromatic rings. The van der Waals surface area contributed by atoms with Gasteiger partial charge in [0.05, 0.1) is 12.1 Å². The molecule has 1 aliphatic rings. The van der Waals surface area contributed by atoms with E-state index in [0.29, 0.717) is 12.3 Å². The van der Waals surface area contributed by atoms with E-state index in [-0.39, 0.29) is 24.0 Å². The Morgan fingerprint density at radius 1 is 1.44 bits per heavy atom. The molecule has 0 radical (unpaired) electrons. The third-order valence-electron chi connectivity index (χ3n) is 3.52. The Morgan fingerprint density at radius 2 is 2.06 bits per heavy atom. The van der Waals surface area contributed by atoms with Gasteiger partial charge in [0.1, 0.15) is 0 Å². The van der Waals surface area contributed by atoms with E-state index < -0.39 is 6.04 Å². The Kier molecular flexibility index (Phi) is 4.74. The normalized spacial score (nSPS) is 32.5. The first-order valence-electron chi connectivity index (χ1n) is 6.15. The highest BCUT2D eigenvalue weighted by Gasteiger charge is 2.28. The van der Waals surface area contributed by atoms with Crippen LogP contribution in [0.3, 0.4) is 0 Å². The molecule has 0 unspecified atom stereocenters. The van der Waals surface area contributed by atoms with Gasteiger partial charge in [0.2, 0.25) is 5.91 Å². The molecule has 0 spiro atoms. The molecule has 0 aliphatic heterocycles. The second-order valence-electron chi connectivity index (χ2n) is 5.33. The lowest BCUT2D eigenvalue weighted by Gasteiger charge is -2.32. The number of aliphatic hydroxyl groups excluding tert-OH is 1. The zero-order valence-corrected chi connectivity index (χ0v) is 10.4. The van der Waals surface area contributed by atoms with Crippen LogP contribution in [0.25, 0.3) is 0 Å². The van der Waals surface area contributed by atoms with Gasteiger partial charge in [-0.05, 0) is 31.1 Å². The van der Waals surface area contributed by atoms with Crippen molar-refractivity contribution in [3.8, 4) is 0 Å². The largest absolute Gasteiger partial charge is 0.393 e. The fraction of sp³-hybridized carbons (Fsp3) is 0.917. The lowest BCUT2D eigenvalue weighted by atomic mass is 9.84. The average Bonchev–Trinajstić information content (AvgIpc) is 2.22. The van der Waals surface area contributed by atoms with E-state index in [0.717, 1.165) is 12.8 Å². The summed E-state index contributed by atoms with van der Waals surface area (Å²) in [6.07, 6.45) is 2.25. The van der Waals surface area contributed by atoms with Crippen molar-refractivity contribution < 1.29 is 9.90 Å². The first-order valence-corrected chi connectivity index (χ1v) is 6.15. The van der Waals surface area contributed by atoms with Crippen LogP contribution in [0.2, 0.25) is 0 Å². The van der Waals surface area contributed by atoms with E-state index in [4.69, 9.17) is 5.73 Å². The third-order valence-corrected chi connectivity index (χ3v) is 3.52. The zero-order chi connectivity index (χ0) is 12.3. The molecule has 0 bridgehead atoms. The maximum absolute atomic E-state index is 11.7. The summed E-state index contributed by atoms with van der Waals surface area (Å²) in [6.45, 7) is 5.91. The number of carbonyl (C=O) groups excluding carboxylic acids is 1. The maximum Gasteiger partial charge on any atom is 0.237 e. The number of hydrogen-bond acceptors (Lipinski definition) is 3. The molecule has 1 amide bonds. The Morgan fingerprint density at radius 3 is 2.56 bits per heavy atom. The molecule has 0 aromatic heterocycles. The van der Waals surface area contributed by atoms with Gasteiger partial charge in [-0.1, -0.05) is 20.8 Å². The summed E-state index contributed by atoms with van der Waals surface area (Å²) in [7, 11) is 0. The molecule has 4 atom stereocenters. The molecule has 16 heavy (non-hydrogen) atoms. The van der Waals surface area contributed by atoms with Gasteiger partial charge in [0.15, 0.2) is 0 Å². The van der Waals surface area contributed by atoms with E-state index in [1.54, 1.807) is 0 Å². The summed E-state index contributed by atoms with van der Waals surface area (Å²) < 4.78 is 0. The number of hydrogen-bond donors (Lipinski definition) is 3. The standard InChI is InChI=1S/C12H24N2O2/c1-7(2)11(13)12(16)14-9-5-4-8(3)10(15)6-9/h7-11,15H,4-6,13H2,1-3H3,(H,14,16)/t8-,9-,10-,11-/m1/s1. The maximum atomic E-state index is 11.7. The number of nitrogens with two attached hydrogens (primary N) is 1. The average molecular weight is 228 g/mol. The van der Waals surface area contributed by atoms with Crippen LogP contribution in [-0.4, -0.2) is 29.2 Å². The van der Waals surface area contributed by atoms with Gasteiger partial charge in [-0.2, -0.15) is 0 Å². The van der Waals surface area contributed by atoms with Crippen LogP contribution < -0.4 is 11.1 Å². The Bertz CT molecular complexity index is 243. The summed E-state index contributed by atoms with van der Waals surface area (Å²) in [5, 5.41) is 12.7. The fourth-order valence-corrected chi connectivity index (χ4v) is 2.03. The molecule has 0 aromatic carbocycles. The van der Waals surface area contributed by atoms with Crippen molar-refractivity contribution in [2.45, 2.75) is 58.2 Å².